The van der Waals surface area contributed by atoms with E-state index in [9.17, 15) is 8.42 Å². The fourth-order valence-corrected chi connectivity index (χ4v) is 5.14. The summed E-state index contributed by atoms with van der Waals surface area (Å²) in [6.07, 6.45) is 1.21. The van der Waals surface area contributed by atoms with Gasteiger partial charge in [-0.3, -0.25) is 4.68 Å². The molecule has 0 unspecified atom stereocenters. The molecule has 0 aliphatic carbocycles. The molecule has 0 aromatic carbocycles. The summed E-state index contributed by atoms with van der Waals surface area (Å²) in [6, 6.07) is 0. The molecule has 3 rings (SSSR count). The lowest BCUT2D eigenvalue weighted by Gasteiger charge is -2.30. The Balaban J connectivity index is 1.92. The van der Waals surface area contributed by atoms with Crippen molar-refractivity contribution >= 4 is 10.0 Å². The normalized spacial score (nSPS) is 19.2. The van der Waals surface area contributed by atoms with E-state index >= 15 is 0 Å². The molecule has 0 N–H and O–H groups in total. The molecule has 1 aliphatic heterocycles. The minimum absolute atomic E-state index is 0.148. The molecule has 144 valence electrons. The molecule has 2 aromatic rings. The Morgan fingerprint density at radius 1 is 1.15 bits per heavy atom. The molecular weight excluding hydrogens is 358 g/mol. The van der Waals surface area contributed by atoms with Gasteiger partial charge in [-0.2, -0.15) is 9.40 Å². The van der Waals surface area contributed by atoms with Crippen LogP contribution in [0.25, 0.3) is 0 Å². The standard InChI is InChI=1S/C16H25N5O4S/c1-5-11-15(12(6-2)20(4)19-11)26(22,23)21-8-9-24-13(10-21)16-18-17-14(7-3)25-16/h13H,5-10H2,1-4H3/t13-/m0/s1. The summed E-state index contributed by atoms with van der Waals surface area (Å²) in [5.41, 5.74) is 1.31. The summed E-state index contributed by atoms with van der Waals surface area (Å²) in [4.78, 5) is 0.324. The Hall–Kier alpha value is -1.78. The van der Waals surface area contributed by atoms with Crippen LogP contribution >= 0.6 is 0 Å². The average Bonchev–Trinajstić information content (AvgIpc) is 3.25. The Bertz CT molecular complexity index is 873. The summed E-state index contributed by atoms with van der Waals surface area (Å²) in [6.45, 7) is 6.47. The average molecular weight is 383 g/mol. The minimum atomic E-state index is -3.69. The first kappa shape index (κ1) is 19.0. The Morgan fingerprint density at radius 2 is 1.92 bits per heavy atom. The molecule has 0 spiro atoms. The van der Waals surface area contributed by atoms with Crippen molar-refractivity contribution in [2.24, 2.45) is 7.05 Å². The zero-order valence-corrected chi connectivity index (χ0v) is 16.4. The molecular formula is C16H25N5O4S. The lowest BCUT2D eigenvalue weighted by molar-refractivity contribution is -0.0178. The molecule has 9 nitrogen and oxygen atoms in total. The highest BCUT2D eigenvalue weighted by molar-refractivity contribution is 7.89. The molecule has 1 atom stereocenters. The molecule has 0 bridgehead atoms. The van der Waals surface area contributed by atoms with Gasteiger partial charge in [0.05, 0.1) is 18.0 Å². The third-order valence-electron chi connectivity index (χ3n) is 4.54. The van der Waals surface area contributed by atoms with E-state index in [4.69, 9.17) is 9.15 Å². The van der Waals surface area contributed by atoms with Crippen LogP contribution in [0.3, 0.4) is 0 Å². The SMILES string of the molecule is CCc1nnc([C@@H]2CN(S(=O)(=O)c3c(CC)nn(C)c3CC)CCO2)o1. The molecule has 0 amide bonds. The summed E-state index contributed by atoms with van der Waals surface area (Å²) in [7, 11) is -1.90. The van der Waals surface area contributed by atoms with Gasteiger partial charge in [0.1, 0.15) is 11.0 Å². The van der Waals surface area contributed by atoms with Crippen molar-refractivity contribution in [2.45, 2.75) is 51.0 Å². The topological polar surface area (TPSA) is 103 Å². The van der Waals surface area contributed by atoms with E-state index in [1.807, 2.05) is 20.8 Å². The predicted octanol–water partition coefficient (Wildman–Crippen LogP) is 1.25. The van der Waals surface area contributed by atoms with E-state index in [0.29, 0.717) is 41.6 Å². The number of morpholine rings is 1. The monoisotopic (exact) mass is 383 g/mol. The number of sulfonamides is 1. The van der Waals surface area contributed by atoms with Crippen molar-refractivity contribution in [3.8, 4) is 0 Å². The van der Waals surface area contributed by atoms with Crippen molar-refractivity contribution in [3.05, 3.63) is 23.2 Å². The number of aryl methyl sites for hydroxylation is 3. The van der Waals surface area contributed by atoms with Crippen LogP contribution in [0.1, 0.15) is 50.0 Å². The lowest BCUT2D eigenvalue weighted by Crippen LogP contribution is -2.42. The second-order valence-electron chi connectivity index (χ2n) is 6.16. The lowest BCUT2D eigenvalue weighted by atomic mass is 10.2. The van der Waals surface area contributed by atoms with Crippen molar-refractivity contribution in [1.29, 1.82) is 0 Å². The van der Waals surface area contributed by atoms with Gasteiger partial charge in [0, 0.05) is 26.6 Å². The van der Waals surface area contributed by atoms with Gasteiger partial charge in [0.15, 0.2) is 0 Å². The van der Waals surface area contributed by atoms with Crippen molar-refractivity contribution in [1.82, 2.24) is 24.3 Å². The number of rotatable bonds is 6. The van der Waals surface area contributed by atoms with Gasteiger partial charge in [-0.05, 0) is 12.8 Å². The van der Waals surface area contributed by atoms with Crippen LogP contribution in [0.4, 0.5) is 0 Å². The minimum Gasteiger partial charge on any atom is -0.422 e. The van der Waals surface area contributed by atoms with E-state index in [1.165, 1.54) is 4.31 Å². The Morgan fingerprint density at radius 3 is 2.54 bits per heavy atom. The molecule has 1 fully saturated rings. The first-order valence-corrected chi connectivity index (χ1v) is 10.3. The summed E-state index contributed by atoms with van der Waals surface area (Å²) < 4.78 is 41.0. The molecule has 3 heterocycles. The van der Waals surface area contributed by atoms with E-state index in [-0.39, 0.29) is 19.7 Å². The first-order chi connectivity index (χ1) is 12.4. The number of aromatic nitrogens is 4. The highest BCUT2D eigenvalue weighted by Gasteiger charge is 2.37. The van der Waals surface area contributed by atoms with E-state index in [1.54, 1.807) is 11.7 Å². The number of ether oxygens (including phenoxy) is 1. The zero-order valence-electron chi connectivity index (χ0n) is 15.6. The van der Waals surface area contributed by atoms with E-state index in [2.05, 4.69) is 15.3 Å². The second kappa shape index (κ2) is 7.45. The van der Waals surface area contributed by atoms with E-state index in [0.717, 1.165) is 5.69 Å². The fourth-order valence-electron chi connectivity index (χ4n) is 3.18. The van der Waals surface area contributed by atoms with Gasteiger partial charge >= 0.3 is 0 Å². The van der Waals surface area contributed by atoms with Gasteiger partial charge in [-0.25, -0.2) is 8.42 Å². The number of nitrogens with zero attached hydrogens (tertiary/aromatic N) is 5. The van der Waals surface area contributed by atoms with Crippen LogP contribution in [0.2, 0.25) is 0 Å². The van der Waals surface area contributed by atoms with Crippen LogP contribution in [-0.2, 0) is 41.1 Å². The molecule has 0 saturated carbocycles. The van der Waals surface area contributed by atoms with Crippen molar-refractivity contribution in [3.63, 3.8) is 0 Å². The maximum Gasteiger partial charge on any atom is 0.246 e. The highest BCUT2D eigenvalue weighted by Crippen LogP contribution is 2.29. The zero-order chi connectivity index (χ0) is 18.9. The third-order valence-corrected chi connectivity index (χ3v) is 6.54. The van der Waals surface area contributed by atoms with Crippen LogP contribution < -0.4 is 0 Å². The second-order valence-corrected chi connectivity index (χ2v) is 8.04. The van der Waals surface area contributed by atoms with Gasteiger partial charge in [0.2, 0.25) is 21.8 Å². The fraction of sp³-hybridized carbons (Fsp3) is 0.688. The maximum absolute atomic E-state index is 13.3. The van der Waals surface area contributed by atoms with Crippen molar-refractivity contribution in [2.75, 3.05) is 19.7 Å². The first-order valence-electron chi connectivity index (χ1n) is 8.91. The van der Waals surface area contributed by atoms with Gasteiger partial charge in [0.25, 0.3) is 0 Å². The summed E-state index contributed by atoms with van der Waals surface area (Å²) >= 11 is 0. The highest BCUT2D eigenvalue weighted by atomic mass is 32.2. The van der Waals surface area contributed by atoms with Crippen molar-refractivity contribution < 1.29 is 17.6 Å². The third kappa shape index (κ3) is 3.28. The van der Waals surface area contributed by atoms with E-state index < -0.39 is 16.1 Å². The molecule has 26 heavy (non-hydrogen) atoms. The number of hydrogen-bond donors (Lipinski definition) is 0. The van der Waals surface area contributed by atoms with Gasteiger partial charge in [-0.1, -0.05) is 20.8 Å². The maximum atomic E-state index is 13.3. The predicted molar refractivity (Wildman–Crippen MR) is 93.1 cm³/mol. The molecule has 1 aliphatic rings. The summed E-state index contributed by atoms with van der Waals surface area (Å²) in [5, 5.41) is 12.3. The number of hydrogen-bond acceptors (Lipinski definition) is 7. The quantitative estimate of drug-likeness (QED) is 0.739. The largest absolute Gasteiger partial charge is 0.422 e. The van der Waals surface area contributed by atoms with Crippen LogP contribution in [-0.4, -0.2) is 52.4 Å². The smallest absolute Gasteiger partial charge is 0.246 e. The molecule has 2 aromatic heterocycles. The molecule has 10 heteroatoms. The Labute approximate surface area is 153 Å². The molecule has 0 radical (unpaired) electrons. The molecule has 1 saturated heterocycles. The van der Waals surface area contributed by atoms with Gasteiger partial charge < -0.3 is 9.15 Å². The Kier molecular flexibility index (Phi) is 5.44. The van der Waals surface area contributed by atoms with Crippen LogP contribution in [0.5, 0.6) is 0 Å². The van der Waals surface area contributed by atoms with Crippen LogP contribution in [0.15, 0.2) is 9.31 Å². The van der Waals surface area contributed by atoms with Gasteiger partial charge in [-0.15, -0.1) is 10.2 Å². The summed E-state index contributed by atoms with van der Waals surface area (Å²) in [5.74, 6) is 0.830. The van der Waals surface area contributed by atoms with Crippen LogP contribution in [0, 0.1) is 0 Å².